The summed E-state index contributed by atoms with van der Waals surface area (Å²) in [5, 5.41) is 7.29. The second-order valence-corrected chi connectivity index (χ2v) is 5.01. The van der Waals surface area contributed by atoms with Crippen LogP contribution in [0, 0.1) is 0 Å². The fourth-order valence-electron chi connectivity index (χ4n) is 2.14. The SMILES string of the molecule is CC(C)n1c(-c2nc(N)n[nH]2)nc2cc(Cl)ccc21. The normalized spacial score (nSPS) is 11.6. The highest BCUT2D eigenvalue weighted by Crippen LogP contribution is 2.28. The molecule has 0 aliphatic heterocycles. The number of halogens is 1. The van der Waals surface area contributed by atoms with Crippen molar-refractivity contribution in [1.82, 2.24) is 24.7 Å². The first-order valence-electron chi connectivity index (χ1n) is 5.92. The van der Waals surface area contributed by atoms with Gasteiger partial charge in [0.25, 0.3) is 0 Å². The van der Waals surface area contributed by atoms with Gasteiger partial charge in [-0.2, -0.15) is 4.98 Å². The zero-order valence-corrected chi connectivity index (χ0v) is 11.3. The van der Waals surface area contributed by atoms with Gasteiger partial charge in [0.1, 0.15) is 0 Å². The first-order chi connectivity index (χ1) is 9.06. The summed E-state index contributed by atoms with van der Waals surface area (Å²) < 4.78 is 2.08. The van der Waals surface area contributed by atoms with Gasteiger partial charge >= 0.3 is 0 Å². The number of imidazole rings is 1. The molecule has 0 spiro atoms. The van der Waals surface area contributed by atoms with E-state index in [0.717, 1.165) is 11.0 Å². The minimum absolute atomic E-state index is 0.204. The molecule has 0 radical (unpaired) electrons. The molecule has 0 atom stereocenters. The minimum atomic E-state index is 0.204. The lowest BCUT2D eigenvalue weighted by atomic mass is 10.3. The van der Waals surface area contributed by atoms with E-state index in [4.69, 9.17) is 17.3 Å². The minimum Gasteiger partial charge on any atom is -0.366 e. The van der Waals surface area contributed by atoms with Crippen LogP contribution >= 0.6 is 11.6 Å². The Hall–Kier alpha value is -2.08. The van der Waals surface area contributed by atoms with E-state index in [9.17, 15) is 0 Å². The lowest BCUT2D eigenvalue weighted by Crippen LogP contribution is -2.04. The van der Waals surface area contributed by atoms with E-state index in [2.05, 4.69) is 38.6 Å². The Labute approximate surface area is 114 Å². The van der Waals surface area contributed by atoms with Crippen LogP contribution in [0.2, 0.25) is 5.02 Å². The Morgan fingerprint density at radius 3 is 2.74 bits per heavy atom. The quantitative estimate of drug-likeness (QED) is 0.753. The van der Waals surface area contributed by atoms with E-state index >= 15 is 0 Å². The number of H-pyrrole nitrogens is 1. The van der Waals surface area contributed by atoms with Gasteiger partial charge in [-0.1, -0.05) is 11.6 Å². The Kier molecular flexibility index (Phi) is 2.67. The number of benzene rings is 1. The fraction of sp³-hybridized carbons (Fsp3) is 0.250. The lowest BCUT2D eigenvalue weighted by Gasteiger charge is -2.11. The van der Waals surface area contributed by atoms with Gasteiger partial charge in [0.2, 0.25) is 5.95 Å². The van der Waals surface area contributed by atoms with Crippen molar-refractivity contribution < 1.29 is 0 Å². The molecule has 0 saturated carbocycles. The number of rotatable bonds is 2. The molecule has 0 aliphatic carbocycles. The fourth-order valence-corrected chi connectivity index (χ4v) is 2.30. The van der Waals surface area contributed by atoms with Crippen LogP contribution in [0.3, 0.4) is 0 Å². The molecule has 3 aromatic rings. The van der Waals surface area contributed by atoms with Crippen molar-refractivity contribution >= 4 is 28.6 Å². The van der Waals surface area contributed by atoms with Crippen molar-refractivity contribution in [1.29, 1.82) is 0 Å². The second-order valence-electron chi connectivity index (χ2n) is 4.57. The summed E-state index contributed by atoms with van der Waals surface area (Å²) in [4.78, 5) is 8.70. The van der Waals surface area contributed by atoms with Crippen molar-refractivity contribution in [2.24, 2.45) is 0 Å². The summed E-state index contributed by atoms with van der Waals surface area (Å²) in [5.74, 6) is 1.46. The van der Waals surface area contributed by atoms with Gasteiger partial charge in [0.15, 0.2) is 11.6 Å². The first kappa shape index (κ1) is 12.0. The standard InChI is InChI=1S/C12H13ClN6/c1-6(2)19-9-4-3-7(13)5-8(9)15-11(19)10-16-12(14)18-17-10/h3-6H,1-2H3,(H3,14,16,17,18). The number of hydrogen-bond donors (Lipinski definition) is 2. The van der Waals surface area contributed by atoms with Crippen molar-refractivity contribution in [3.8, 4) is 11.6 Å². The van der Waals surface area contributed by atoms with Crippen LogP contribution in [0.1, 0.15) is 19.9 Å². The molecule has 0 saturated heterocycles. The average Bonchev–Trinajstić information content (AvgIpc) is 2.91. The Balaban J connectivity index is 2.31. The largest absolute Gasteiger partial charge is 0.366 e. The van der Waals surface area contributed by atoms with E-state index in [1.54, 1.807) is 0 Å². The third-order valence-electron chi connectivity index (χ3n) is 2.88. The van der Waals surface area contributed by atoms with E-state index < -0.39 is 0 Å². The third kappa shape index (κ3) is 1.94. The number of hydrogen-bond acceptors (Lipinski definition) is 4. The van der Waals surface area contributed by atoms with Gasteiger partial charge < -0.3 is 10.3 Å². The second kappa shape index (κ2) is 4.24. The molecule has 19 heavy (non-hydrogen) atoms. The van der Waals surface area contributed by atoms with E-state index in [1.807, 2.05) is 18.2 Å². The number of nitrogens with zero attached hydrogens (tertiary/aromatic N) is 4. The number of anilines is 1. The number of nitrogens with two attached hydrogens (primary N) is 1. The van der Waals surface area contributed by atoms with Crippen LogP contribution in [-0.4, -0.2) is 24.7 Å². The zero-order chi connectivity index (χ0) is 13.6. The smallest absolute Gasteiger partial charge is 0.239 e. The molecule has 0 fully saturated rings. The molecule has 1 aromatic carbocycles. The molecule has 0 amide bonds. The lowest BCUT2D eigenvalue weighted by molar-refractivity contribution is 0.622. The third-order valence-corrected chi connectivity index (χ3v) is 3.12. The maximum Gasteiger partial charge on any atom is 0.239 e. The number of nitrogen functional groups attached to an aromatic ring is 1. The molecule has 0 unspecified atom stereocenters. The highest BCUT2D eigenvalue weighted by Gasteiger charge is 2.17. The van der Waals surface area contributed by atoms with Gasteiger partial charge in [0, 0.05) is 11.1 Å². The molecule has 2 heterocycles. The summed E-state index contributed by atoms with van der Waals surface area (Å²) in [6, 6.07) is 5.86. The van der Waals surface area contributed by atoms with Gasteiger partial charge in [-0.15, -0.1) is 5.10 Å². The maximum absolute atomic E-state index is 6.00. The monoisotopic (exact) mass is 276 g/mol. The van der Waals surface area contributed by atoms with Crippen LogP contribution in [0.4, 0.5) is 5.95 Å². The molecule has 0 bridgehead atoms. The topological polar surface area (TPSA) is 85.4 Å². The Morgan fingerprint density at radius 2 is 2.11 bits per heavy atom. The molecule has 0 aliphatic rings. The Morgan fingerprint density at radius 1 is 1.32 bits per heavy atom. The van der Waals surface area contributed by atoms with Crippen molar-refractivity contribution in [3.05, 3.63) is 23.2 Å². The summed E-state index contributed by atoms with van der Waals surface area (Å²) in [5.41, 5.74) is 7.38. The number of nitrogens with one attached hydrogen (secondary N) is 1. The molecular formula is C12H13ClN6. The summed E-state index contributed by atoms with van der Waals surface area (Å²) in [6.45, 7) is 4.16. The van der Waals surface area contributed by atoms with E-state index in [1.165, 1.54) is 0 Å². The molecular weight excluding hydrogens is 264 g/mol. The van der Waals surface area contributed by atoms with E-state index in [0.29, 0.717) is 16.7 Å². The number of aromatic nitrogens is 5. The predicted octanol–water partition coefficient (Wildman–Crippen LogP) is 2.64. The van der Waals surface area contributed by atoms with Gasteiger partial charge in [-0.05, 0) is 32.0 Å². The van der Waals surface area contributed by atoms with Crippen LogP contribution in [0.5, 0.6) is 0 Å². The summed E-state index contributed by atoms with van der Waals surface area (Å²) in [7, 11) is 0. The van der Waals surface area contributed by atoms with Gasteiger partial charge in [0.05, 0.1) is 11.0 Å². The molecule has 6 nitrogen and oxygen atoms in total. The van der Waals surface area contributed by atoms with Crippen LogP contribution in [0.15, 0.2) is 18.2 Å². The van der Waals surface area contributed by atoms with Gasteiger partial charge in [-0.25, -0.2) is 4.98 Å². The predicted molar refractivity (Wildman–Crippen MR) is 74.9 cm³/mol. The summed E-state index contributed by atoms with van der Waals surface area (Å²) in [6.07, 6.45) is 0. The molecule has 3 rings (SSSR count). The zero-order valence-electron chi connectivity index (χ0n) is 10.6. The number of aromatic amines is 1. The molecule has 98 valence electrons. The van der Waals surface area contributed by atoms with Crippen LogP contribution in [0.25, 0.3) is 22.7 Å². The Bertz CT molecular complexity index is 742. The highest BCUT2D eigenvalue weighted by atomic mass is 35.5. The van der Waals surface area contributed by atoms with Gasteiger partial charge in [-0.3, -0.25) is 5.10 Å². The molecule has 2 aromatic heterocycles. The average molecular weight is 277 g/mol. The van der Waals surface area contributed by atoms with Crippen molar-refractivity contribution in [3.63, 3.8) is 0 Å². The van der Waals surface area contributed by atoms with Crippen molar-refractivity contribution in [2.45, 2.75) is 19.9 Å². The molecule has 3 N–H and O–H groups in total. The maximum atomic E-state index is 6.00. The number of fused-ring (bicyclic) bond motifs is 1. The highest BCUT2D eigenvalue weighted by molar-refractivity contribution is 6.31. The van der Waals surface area contributed by atoms with Crippen LogP contribution in [-0.2, 0) is 0 Å². The van der Waals surface area contributed by atoms with Crippen molar-refractivity contribution in [2.75, 3.05) is 5.73 Å². The summed E-state index contributed by atoms with van der Waals surface area (Å²) >= 11 is 6.00. The van der Waals surface area contributed by atoms with E-state index in [-0.39, 0.29) is 12.0 Å². The van der Waals surface area contributed by atoms with Crippen LogP contribution < -0.4 is 5.73 Å². The molecule has 7 heteroatoms. The first-order valence-corrected chi connectivity index (χ1v) is 6.30.